The van der Waals surface area contributed by atoms with Gasteiger partial charge in [0.1, 0.15) is 5.69 Å². The van der Waals surface area contributed by atoms with Crippen LogP contribution < -0.4 is 5.73 Å². The fourth-order valence-corrected chi connectivity index (χ4v) is 3.78. The maximum atomic E-state index is 5.90. The Hall–Kier alpha value is -4.39. The number of nitrogens with zero attached hydrogens (tertiary/aromatic N) is 3. The number of furan rings is 1. The molecule has 0 aliphatic rings. The fraction of sp³-hybridized carbons (Fsp3) is 0. The second kappa shape index (κ2) is 6.31. The largest absolute Gasteiger partial charge is 0.472 e. The van der Waals surface area contributed by atoms with Gasteiger partial charge in [0.25, 0.3) is 0 Å². The van der Waals surface area contributed by atoms with Crippen LogP contribution in [0.25, 0.3) is 55.7 Å². The number of benzene rings is 2. The highest BCUT2D eigenvalue weighted by Crippen LogP contribution is 2.33. The molecular formula is C23H16N6O. The van der Waals surface area contributed by atoms with E-state index >= 15 is 0 Å². The smallest absolute Gasteiger partial charge is 0.159 e. The van der Waals surface area contributed by atoms with Crippen LogP contribution in [0, 0.1) is 0 Å². The molecule has 0 amide bonds. The van der Waals surface area contributed by atoms with E-state index in [0.29, 0.717) is 11.5 Å². The van der Waals surface area contributed by atoms with Gasteiger partial charge in [-0.15, -0.1) is 0 Å². The summed E-state index contributed by atoms with van der Waals surface area (Å²) in [5.74, 6) is 0.704. The average Bonchev–Trinajstić information content (AvgIpc) is 3.51. The van der Waals surface area contributed by atoms with Gasteiger partial charge in [0.15, 0.2) is 5.82 Å². The zero-order valence-electron chi connectivity index (χ0n) is 15.8. The van der Waals surface area contributed by atoms with E-state index in [-0.39, 0.29) is 0 Å². The number of nitrogen functional groups attached to an aromatic ring is 1. The van der Waals surface area contributed by atoms with Crippen LogP contribution in [0.2, 0.25) is 0 Å². The normalized spacial score (nSPS) is 11.5. The lowest BCUT2D eigenvalue weighted by Gasteiger charge is -2.03. The van der Waals surface area contributed by atoms with Gasteiger partial charge in [0.05, 0.1) is 34.8 Å². The number of hydrogen-bond acceptors (Lipinski definition) is 5. The molecule has 7 nitrogen and oxygen atoms in total. The molecular weight excluding hydrogens is 376 g/mol. The Kier molecular flexibility index (Phi) is 3.48. The monoisotopic (exact) mass is 392 g/mol. The lowest BCUT2D eigenvalue weighted by atomic mass is 10.0. The van der Waals surface area contributed by atoms with Gasteiger partial charge in [-0.1, -0.05) is 18.2 Å². The molecule has 144 valence electrons. The number of pyridine rings is 1. The van der Waals surface area contributed by atoms with Crippen LogP contribution in [0.4, 0.5) is 5.69 Å². The minimum atomic E-state index is 0.629. The number of nitrogens with one attached hydrogen (secondary N) is 2. The zero-order chi connectivity index (χ0) is 20.1. The number of para-hydroxylation sites is 1. The summed E-state index contributed by atoms with van der Waals surface area (Å²) < 4.78 is 5.25. The summed E-state index contributed by atoms with van der Waals surface area (Å²) in [5, 5.41) is 8.60. The number of fused-ring (bicyclic) bond motifs is 2. The first-order chi connectivity index (χ1) is 14.8. The van der Waals surface area contributed by atoms with E-state index in [2.05, 4.69) is 26.2 Å². The molecule has 4 heterocycles. The van der Waals surface area contributed by atoms with Crippen molar-refractivity contribution in [2.75, 3.05) is 5.73 Å². The topological polar surface area (TPSA) is 109 Å². The van der Waals surface area contributed by atoms with Crippen molar-refractivity contribution in [3.63, 3.8) is 0 Å². The van der Waals surface area contributed by atoms with Crippen LogP contribution in [-0.2, 0) is 0 Å². The van der Waals surface area contributed by atoms with E-state index < -0.39 is 0 Å². The number of imidazole rings is 1. The van der Waals surface area contributed by atoms with Gasteiger partial charge in [-0.3, -0.25) is 10.1 Å². The Bertz CT molecular complexity index is 1510. The number of H-pyrrole nitrogens is 2. The van der Waals surface area contributed by atoms with Crippen molar-refractivity contribution in [3.8, 4) is 33.8 Å². The number of aromatic nitrogens is 5. The number of aromatic amines is 2. The molecule has 0 saturated carbocycles. The third-order valence-corrected chi connectivity index (χ3v) is 5.22. The molecule has 7 heteroatoms. The molecule has 0 fully saturated rings. The standard InChI is InChI=1S/C23H16N6O/c24-16-8-15(10-25-11-16)13-4-5-19-18(9-13)22(29-28-19)23-26-20-3-1-2-17(21(20)27-23)14-6-7-30-12-14/h1-12H,24H2,(H,26,27)(H,28,29). The van der Waals surface area contributed by atoms with Gasteiger partial charge in [-0.25, -0.2) is 4.98 Å². The molecule has 4 N–H and O–H groups in total. The second-order valence-corrected chi connectivity index (χ2v) is 7.14. The van der Waals surface area contributed by atoms with Crippen molar-refractivity contribution in [2.24, 2.45) is 0 Å². The first-order valence-corrected chi connectivity index (χ1v) is 9.47. The summed E-state index contributed by atoms with van der Waals surface area (Å²) in [5.41, 5.74) is 14.0. The molecule has 0 unspecified atom stereocenters. The molecule has 0 saturated heterocycles. The van der Waals surface area contributed by atoms with E-state index in [9.17, 15) is 0 Å². The molecule has 0 spiro atoms. The van der Waals surface area contributed by atoms with Gasteiger partial charge < -0.3 is 15.1 Å². The van der Waals surface area contributed by atoms with Crippen LogP contribution in [0.15, 0.2) is 77.9 Å². The molecule has 0 bridgehead atoms. The van der Waals surface area contributed by atoms with Crippen molar-refractivity contribution < 1.29 is 4.42 Å². The molecule has 6 rings (SSSR count). The minimum absolute atomic E-state index is 0.629. The van der Waals surface area contributed by atoms with Gasteiger partial charge in [-0.05, 0) is 35.9 Å². The molecule has 4 aromatic heterocycles. The van der Waals surface area contributed by atoms with Crippen LogP contribution in [0.5, 0.6) is 0 Å². The fourth-order valence-electron chi connectivity index (χ4n) is 3.78. The van der Waals surface area contributed by atoms with Crippen LogP contribution in [0.3, 0.4) is 0 Å². The van der Waals surface area contributed by atoms with Crippen molar-refractivity contribution in [3.05, 3.63) is 73.5 Å². The van der Waals surface area contributed by atoms with Gasteiger partial charge in [-0.2, -0.15) is 5.10 Å². The van der Waals surface area contributed by atoms with E-state index in [0.717, 1.165) is 49.9 Å². The Morgan fingerprint density at radius 2 is 1.87 bits per heavy atom. The van der Waals surface area contributed by atoms with Crippen molar-refractivity contribution in [1.82, 2.24) is 25.1 Å². The maximum Gasteiger partial charge on any atom is 0.159 e. The molecule has 0 radical (unpaired) electrons. The lowest BCUT2D eigenvalue weighted by Crippen LogP contribution is -1.88. The quantitative estimate of drug-likeness (QED) is 0.392. The molecule has 30 heavy (non-hydrogen) atoms. The Labute approximate surface area is 170 Å². The van der Waals surface area contributed by atoms with Crippen molar-refractivity contribution in [2.45, 2.75) is 0 Å². The zero-order valence-corrected chi connectivity index (χ0v) is 15.8. The highest BCUT2D eigenvalue weighted by Gasteiger charge is 2.16. The van der Waals surface area contributed by atoms with Crippen molar-refractivity contribution >= 4 is 27.6 Å². The van der Waals surface area contributed by atoms with Crippen LogP contribution >= 0.6 is 0 Å². The van der Waals surface area contributed by atoms with E-state index in [4.69, 9.17) is 15.1 Å². The predicted molar refractivity (Wildman–Crippen MR) is 117 cm³/mol. The van der Waals surface area contributed by atoms with Gasteiger partial charge in [0.2, 0.25) is 0 Å². The summed E-state index contributed by atoms with van der Waals surface area (Å²) in [4.78, 5) is 12.5. The summed E-state index contributed by atoms with van der Waals surface area (Å²) in [7, 11) is 0. The average molecular weight is 392 g/mol. The van der Waals surface area contributed by atoms with E-state index in [1.165, 1.54) is 0 Å². The molecule has 6 aromatic rings. The second-order valence-electron chi connectivity index (χ2n) is 7.14. The summed E-state index contributed by atoms with van der Waals surface area (Å²) >= 11 is 0. The Balaban J connectivity index is 1.52. The first kappa shape index (κ1) is 16.6. The first-order valence-electron chi connectivity index (χ1n) is 9.47. The summed E-state index contributed by atoms with van der Waals surface area (Å²) in [6.07, 6.45) is 6.82. The minimum Gasteiger partial charge on any atom is -0.472 e. The third kappa shape index (κ3) is 2.56. The lowest BCUT2D eigenvalue weighted by molar-refractivity contribution is 0.568. The molecule has 0 aliphatic carbocycles. The summed E-state index contributed by atoms with van der Waals surface area (Å²) in [6.45, 7) is 0. The van der Waals surface area contributed by atoms with E-state index in [1.807, 2.05) is 42.5 Å². The summed E-state index contributed by atoms with van der Waals surface area (Å²) in [6, 6.07) is 16.0. The van der Waals surface area contributed by atoms with Crippen molar-refractivity contribution in [1.29, 1.82) is 0 Å². The van der Waals surface area contributed by atoms with Crippen LogP contribution in [-0.4, -0.2) is 25.1 Å². The Morgan fingerprint density at radius 3 is 2.73 bits per heavy atom. The number of nitrogens with two attached hydrogens (primary N) is 1. The molecule has 0 atom stereocenters. The number of hydrogen-bond donors (Lipinski definition) is 3. The highest BCUT2D eigenvalue weighted by atomic mass is 16.3. The maximum absolute atomic E-state index is 5.90. The highest BCUT2D eigenvalue weighted by molar-refractivity contribution is 5.98. The third-order valence-electron chi connectivity index (χ3n) is 5.22. The predicted octanol–water partition coefficient (Wildman–Crippen LogP) is 5.01. The van der Waals surface area contributed by atoms with Gasteiger partial charge >= 0.3 is 0 Å². The molecule has 2 aromatic carbocycles. The SMILES string of the molecule is Nc1cncc(-c2ccc3[nH]nc(-c4nc5c(-c6ccoc6)cccc5[nH]4)c3c2)c1. The molecule has 0 aliphatic heterocycles. The number of anilines is 1. The Morgan fingerprint density at radius 1 is 0.900 bits per heavy atom. The van der Waals surface area contributed by atoms with Gasteiger partial charge in [0, 0.05) is 34.5 Å². The van der Waals surface area contributed by atoms with Crippen LogP contribution in [0.1, 0.15) is 0 Å². The number of rotatable bonds is 3. The van der Waals surface area contributed by atoms with E-state index in [1.54, 1.807) is 24.9 Å².